The topological polar surface area (TPSA) is 70.2 Å². The van der Waals surface area contributed by atoms with Gasteiger partial charge in [0.05, 0.1) is 5.69 Å². The fourth-order valence-electron chi connectivity index (χ4n) is 2.45. The summed E-state index contributed by atoms with van der Waals surface area (Å²) in [7, 11) is -3.43. The molecule has 6 heteroatoms. The average molecular weight is 297 g/mol. The Kier molecular flexibility index (Phi) is 5.39. The third kappa shape index (κ3) is 3.94. The number of nitrogens with one attached hydrogen (secondary N) is 3. The van der Waals surface area contributed by atoms with Gasteiger partial charge in [0, 0.05) is 19.1 Å². The first-order valence-electron chi connectivity index (χ1n) is 7.19. The summed E-state index contributed by atoms with van der Waals surface area (Å²) in [6.45, 7) is 3.96. The summed E-state index contributed by atoms with van der Waals surface area (Å²) in [5, 5.41) is 6.71. The Hall–Kier alpha value is -1.11. The van der Waals surface area contributed by atoms with Gasteiger partial charge in [-0.1, -0.05) is 25.5 Å². The molecular formula is C14H23N3O2S. The number of para-hydroxylation sites is 1. The molecule has 1 aromatic carbocycles. The van der Waals surface area contributed by atoms with E-state index in [9.17, 15) is 8.42 Å². The second kappa shape index (κ2) is 7.06. The summed E-state index contributed by atoms with van der Waals surface area (Å²) < 4.78 is 26.8. The van der Waals surface area contributed by atoms with Gasteiger partial charge in [0.15, 0.2) is 0 Å². The smallest absolute Gasteiger partial charge is 0.242 e. The summed E-state index contributed by atoms with van der Waals surface area (Å²) in [6, 6.07) is 7.45. The van der Waals surface area contributed by atoms with Crippen molar-refractivity contribution in [3.63, 3.8) is 0 Å². The van der Waals surface area contributed by atoms with Gasteiger partial charge in [-0.05, 0) is 31.5 Å². The van der Waals surface area contributed by atoms with Crippen LogP contribution in [0.3, 0.4) is 0 Å². The minimum absolute atomic E-state index is 0.317. The molecule has 1 heterocycles. The first-order chi connectivity index (χ1) is 9.63. The monoisotopic (exact) mass is 297 g/mol. The molecule has 1 aliphatic rings. The molecule has 0 bridgehead atoms. The highest BCUT2D eigenvalue weighted by Gasteiger charge is 2.18. The quantitative estimate of drug-likeness (QED) is 0.745. The molecule has 0 saturated carbocycles. The highest BCUT2D eigenvalue weighted by Crippen LogP contribution is 2.21. The number of benzene rings is 1. The van der Waals surface area contributed by atoms with Gasteiger partial charge < -0.3 is 10.6 Å². The molecule has 0 spiro atoms. The maximum atomic E-state index is 12.1. The van der Waals surface area contributed by atoms with E-state index in [1.54, 1.807) is 19.1 Å². The van der Waals surface area contributed by atoms with E-state index < -0.39 is 10.0 Å². The molecule has 112 valence electrons. The molecule has 1 aromatic rings. The molecule has 0 aromatic heterocycles. The molecule has 1 atom stereocenters. The second-order valence-corrected chi connectivity index (χ2v) is 6.76. The number of hydrogen-bond donors (Lipinski definition) is 3. The Morgan fingerprint density at radius 2 is 2.10 bits per heavy atom. The normalized spacial score (nSPS) is 19.8. The van der Waals surface area contributed by atoms with Crippen molar-refractivity contribution in [2.75, 3.05) is 25.0 Å². The van der Waals surface area contributed by atoms with Crippen LogP contribution in [-0.2, 0) is 10.0 Å². The summed E-state index contributed by atoms with van der Waals surface area (Å²) in [5.41, 5.74) is 0.667. The van der Waals surface area contributed by atoms with Gasteiger partial charge in [0.1, 0.15) is 4.90 Å². The number of hydrogen-bond acceptors (Lipinski definition) is 4. The molecule has 1 fully saturated rings. The molecule has 1 saturated heterocycles. The molecule has 5 nitrogen and oxygen atoms in total. The van der Waals surface area contributed by atoms with Crippen molar-refractivity contribution in [1.82, 2.24) is 10.0 Å². The van der Waals surface area contributed by atoms with Crippen molar-refractivity contribution in [3.8, 4) is 0 Å². The van der Waals surface area contributed by atoms with Crippen molar-refractivity contribution < 1.29 is 8.42 Å². The van der Waals surface area contributed by atoms with E-state index in [1.165, 1.54) is 12.8 Å². The number of anilines is 1. The first-order valence-corrected chi connectivity index (χ1v) is 8.68. The van der Waals surface area contributed by atoms with Gasteiger partial charge >= 0.3 is 0 Å². The second-order valence-electron chi connectivity index (χ2n) is 5.03. The third-order valence-electron chi connectivity index (χ3n) is 3.46. The number of rotatable bonds is 6. The van der Waals surface area contributed by atoms with E-state index in [-0.39, 0.29) is 0 Å². The van der Waals surface area contributed by atoms with Crippen LogP contribution < -0.4 is 15.4 Å². The zero-order valence-corrected chi connectivity index (χ0v) is 12.7. The molecule has 1 unspecified atom stereocenters. The standard InChI is InChI=1S/C14H23N3O2S/c1-2-17-20(18,19)14-9-4-3-8-13(14)16-11-12-7-5-6-10-15-12/h3-4,8-9,12,15-17H,2,5-7,10-11H2,1H3. The van der Waals surface area contributed by atoms with Crippen LogP contribution >= 0.6 is 0 Å². The molecule has 0 amide bonds. The van der Waals surface area contributed by atoms with E-state index in [0.29, 0.717) is 23.2 Å². The first kappa shape index (κ1) is 15.3. The minimum Gasteiger partial charge on any atom is -0.382 e. The van der Waals surface area contributed by atoms with Gasteiger partial charge in [0.2, 0.25) is 10.0 Å². The Morgan fingerprint density at radius 3 is 2.80 bits per heavy atom. The molecule has 1 aliphatic heterocycles. The molecule has 3 N–H and O–H groups in total. The molecule has 0 aliphatic carbocycles. The van der Waals surface area contributed by atoms with Gasteiger partial charge in [-0.3, -0.25) is 0 Å². The fourth-order valence-corrected chi connectivity index (χ4v) is 3.67. The van der Waals surface area contributed by atoms with Crippen LogP contribution in [0.2, 0.25) is 0 Å². The van der Waals surface area contributed by atoms with Crippen LogP contribution in [0.15, 0.2) is 29.2 Å². The van der Waals surface area contributed by atoms with Gasteiger partial charge in [0.25, 0.3) is 0 Å². The van der Waals surface area contributed by atoms with Crippen molar-refractivity contribution >= 4 is 15.7 Å². The molecular weight excluding hydrogens is 274 g/mol. The van der Waals surface area contributed by atoms with Crippen LogP contribution in [0.5, 0.6) is 0 Å². The van der Waals surface area contributed by atoms with Gasteiger partial charge in [-0.15, -0.1) is 0 Å². The summed E-state index contributed by atoms with van der Waals surface area (Å²) in [6.07, 6.45) is 3.59. The van der Waals surface area contributed by atoms with E-state index in [4.69, 9.17) is 0 Å². The van der Waals surface area contributed by atoms with Crippen LogP contribution in [0, 0.1) is 0 Å². The van der Waals surface area contributed by atoms with E-state index in [2.05, 4.69) is 15.4 Å². The summed E-state index contributed by atoms with van der Waals surface area (Å²) in [5.74, 6) is 0. The lowest BCUT2D eigenvalue weighted by atomic mass is 10.1. The van der Waals surface area contributed by atoms with E-state index >= 15 is 0 Å². The van der Waals surface area contributed by atoms with Crippen LogP contribution in [0.25, 0.3) is 0 Å². The highest BCUT2D eigenvalue weighted by atomic mass is 32.2. The maximum Gasteiger partial charge on any atom is 0.242 e. The lowest BCUT2D eigenvalue weighted by Crippen LogP contribution is -2.39. The zero-order valence-electron chi connectivity index (χ0n) is 11.9. The lowest BCUT2D eigenvalue weighted by molar-refractivity contribution is 0.414. The molecule has 2 rings (SSSR count). The largest absolute Gasteiger partial charge is 0.382 e. The predicted octanol–water partition coefficient (Wildman–Crippen LogP) is 1.54. The van der Waals surface area contributed by atoms with Gasteiger partial charge in [-0.25, -0.2) is 13.1 Å². The maximum absolute atomic E-state index is 12.1. The highest BCUT2D eigenvalue weighted by molar-refractivity contribution is 7.89. The van der Waals surface area contributed by atoms with E-state index in [0.717, 1.165) is 19.5 Å². The number of piperidine rings is 1. The summed E-state index contributed by atoms with van der Waals surface area (Å²) >= 11 is 0. The molecule has 0 radical (unpaired) electrons. The Morgan fingerprint density at radius 1 is 1.30 bits per heavy atom. The SMILES string of the molecule is CCNS(=O)(=O)c1ccccc1NCC1CCCCN1. The van der Waals surface area contributed by atoms with E-state index in [1.807, 2.05) is 12.1 Å². The van der Waals surface area contributed by atoms with Crippen LogP contribution in [0.4, 0.5) is 5.69 Å². The summed E-state index contributed by atoms with van der Waals surface area (Å²) in [4.78, 5) is 0.317. The van der Waals surface area contributed by atoms with Gasteiger partial charge in [-0.2, -0.15) is 0 Å². The van der Waals surface area contributed by atoms with Crippen molar-refractivity contribution in [1.29, 1.82) is 0 Å². The Labute approximate surface area is 121 Å². The number of sulfonamides is 1. The Balaban J connectivity index is 2.07. The third-order valence-corrected chi connectivity index (χ3v) is 5.07. The molecule has 20 heavy (non-hydrogen) atoms. The lowest BCUT2D eigenvalue weighted by Gasteiger charge is -2.24. The fraction of sp³-hybridized carbons (Fsp3) is 0.571. The Bertz CT molecular complexity index is 525. The zero-order chi connectivity index (χ0) is 14.4. The van der Waals surface area contributed by atoms with Crippen molar-refractivity contribution in [2.24, 2.45) is 0 Å². The average Bonchev–Trinajstić information content (AvgIpc) is 2.46. The predicted molar refractivity (Wildman–Crippen MR) is 81.4 cm³/mol. The van der Waals surface area contributed by atoms with Crippen molar-refractivity contribution in [2.45, 2.75) is 37.1 Å². The van der Waals surface area contributed by atoms with Crippen LogP contribution in [0.1, 0.15) is 26.2 Å². The van der Waals surface area contributed by atoms with Crippen LogP contribution in [-0.4, -0.2) is 34.1 Å². The van der Waals surface area contributed by atoms with Crippen molar-refractivity contribution in [3.05, 3.63) is 24.3 Å². The minimum atomic E-state index is -3.43.